The number of hydrogen-bond donors (Lipinski definition) is 2. The molecule has 0 radical (unpaired) electrons. The molecule has 0 aliphatic carbocycles. The normalized spacial score (nSPS) is 10.5. The number of rotatable bonds is 3. The number of aromatic nitrogens is 2. The monoisotopic (exact) mass is 300 g/mol. The van der Waals surface area contributed by atoms with Crippen LogP contribution in [0.3, 0.4) is 0 Å². The third kappa shape index (κ3) is 2.63. The van der Waals surface area contributed by atoms with Crippen LogP contribution < -0.4 is 11.1 Å². The lowest BCUT2D eigenvalue weighted by Gasteiger charge is -2.10. The molecule has 0 fully saturated rings. The van der Waals surface area contributed by atoms with Gasteiger partial charge in [0, 0.05) is 5.69 Å². The van der Waals surface area contributed by atoms with Gasteiger partial charge in [0.2, 0.25) is 0 Å². The van der Waals surface area contributed by atoms with Crippen LogP contribution in [-0.2, 0) is 4.74 Å². The van der Waals surface area contributed by atoms with Crippen LogP contribution in [0.25, 0.3) is 10.2 Å². The van der Waals surface area contributed by atoms with Crippen molar-refractivity contribution < 1.29 is 9.53 Å². The van der Waals surface area contributed by atoms with Gasteiger partial charge in [-0.15, -0.1) is 11.3 Å². The minimum Gasteiger partial charge on any atom is -0.465 e. The van der Waals surface area contributed by atoms with Crippen LogP contribution in [0.15, 0.2) is 36.0 Å². The number of anilines is 3. The number of pyridine rings is 1. The lowest BCUT2D eigenvalue weighted by molar-refractivity contribution is 0.0601. The molecule has 0 saturated carbocycles. The minimum absolute atomic E-state index is 0.293. The number of thiazole rings is 1. The Hall–Kier alpha value is -2.67. The molecule has 0 bridgehead atoms. The number of esters is 1. The molecule has 106 valence electrons. The number of fused-ring (bicyclic) bond motifs is 1. The Labute approximate surface area is 124 Å². The SMILES string of the molecule is COC(=O)c1cc(N)cnc1Nc1ccc2ncsc2c1. The topological polar surface area (TPSA) is 90.1 Å². The number of benzene rings is 1. The van der Waals surface area contributed by atoms with Crippen LogP contribution in [0, 0.1) is 0 Å². The van der Waals surface area contributed by atoms with Crippen molar-refractivity contribution in [2.24, 2.45) is 0 Å². The lowest BCUT2D eigenvalue weighted by atomic mass is 10.2. The fourth-order valence-corrected chi connectivity index (χ4v) is 2.63. The molecule has 0 atom stereocenters. The number of carbonyl (C=O) groups excluding carboxylic acids is 1. The molecule has 7 heteroatoms. The summed E-state index contributed by atoms with van der Waals surface area (Å²) in [6.45, 7) is 0. The predicted molar refractivity (Wildman–Crippen MR) is 82.9 cm³/mol. The fourth-order valence-electron chi connectivity index (χ4n) is 1.92. The molecule has 3 N–H and O–H groups in total. The zero-order chi connectivity index (χ0) is 14.8. The maximum atomic E-state index is 11.8. The van der Waals surface area contributed by atoms with Crippen molar-refractivity contribution in [2.75, 3.05) is 18.2 Å². The first-order chi connectivity index (χ1) is 10.2. The summed E-state index contributed by atoms with van der Waals surface area (Å²) in [5.74, 6) is -0.0870. The van der Waals surface area contributed by atoms with E-state index in [1.54, 1.807) is 16.8 Å². The lowest BCUT2D eigenvalue weighted by Crippen LogP contribution is -2.08. The Morgan fingerprint density at radius 1 is 1.33 bits per heavy atom. The van der Waals surface area contributed by atoms with Crippen LogP contribution in [-0.4, -0.2) is 23.0 Å². The average molecular weight is 300 g/mol. The Balaban J connectivity index is 1.98. The van der Waals surface area contributed by atoms with Crippen molar-refractivity contribution >= 4 is 44.7 Å². The predicted octanol–water partition coefficient (Wildman–Crippen LogP) is 2.80. The van der Waals surface area contributed by atoms with Gasteiger partial charge >= 0.3 is 5.97 Å². The van der Waals surface area contributed by atoms with Crippen LogP contribution >= 0.6 is 11.3 Å². The molecule has 2 aromatic heterocycles. The highest BCUT2D eigenvalue weighted by Crippen LogP contribution is 2.26. The summed E-state index contributed by atoms with van der Waals surface area (Å²) in [4.78, 5) is 20.2. The number of hydrogen-bond acceptors (Lipinski definition) is 7. The molecule has 0 unspecified atom stereocenters. The van der Waals surface area contributed by atoms with E-state index in [0.717, 1.165) is 15.9 Å². The number of nitrogens with zero attached hydrogens (tertiary/aromatic N) is 2. The fraction of sp³-hybridized carbons (Fsp3) is 0.0714. The summed E-state index contributed by atoms with van der Waals surface area (Å²) in [6, 6.07) is 7.27. The first-order valence-corrected chi connectivity index (χ1v) is 6.99. The van der Waals surface area contributed by atoms with Crippen molar-refractivity contribution in [3.63, 3.8) is 0 Å². The third-order valence-electron chi connectivity index (χ3n) is 2.91. The first-order valence-electron chi connectivity index (χ1n) is 6.11. The highest BCUT2D eigenvalue weighted by molar-refractivity contribution is 7.16. The number of methoxy groups -OCH3 is 1. The van der Waals surface area contributed by atoms with Crippen molar-refractivity contribution in [3.8, 4) is 0 Å². The average Bonchev–Trinajstić information content (AvgIpc) is 2.96. The van der Waals surface area contributed by atoms with Crippen LogP contribution in [0.5, 0.6) is 0 Å². The van der Waals surface area contributed by atoms with E-state index in [9.17, 15) is 4.79 Å². The van der Waals surface area contributed by atoms with Crippen LogP contribution in [0.1, 0.15) is 10.4 Å². The second kappa shape index (κ2) is 5.37. The second-order valence-corrected chi connectivity index (χ2v) is 5.20. The van der Waals surface area contributed by atoms with Crippen molar-refractivity contribution in [3.05, 3.63) is 41.5 Å². The molecule has 3 aromatic rings. The van der Waals surface area contributed by atoms with E-state index in [1.165, 1.54) is 19.4 Å². The Bertz CT molecular complexity index is 816. The molecular formula is C14H12N4O2S. The summed E-state index contributed by atoms with van der Waals surface area (Å²) in [5, 5.41) is 3.11. The van der Waals surface area contributed by atoms with E-state index in [4.69, 9.17) is 10.5 Å². The van der Waals surface area contributed by atoms with Crippen molar-refractivity contribution in [1.82, 2.24) is 9.97 Å². The molecule has 0 aliphatic rings. The summed E-state index contributed by atoms with van der Waals surface area (Å²) < 4.78 is 5.80. The zero-order valence-electron chi connectivity index (χ0n) is 11.2. The van der Waals surface area contributed by atoms with Crippen molar-refractivity contribution in [1.29, 1.82) is 0 Å². The quantitative estimate of drug-likeness (QED) is 0.723. The first kappa shape index (κ1) is 13.3. The molecule has 3 rings (SSSR count). The van der Waals surface area contributed by atoms with E-state index in [1.807, 2.05) is 18.2 Å². The molecule has 6 nitrogen and oxygen atoms in total. The zero-order valence-corrected chi connectivity index (χ0v) is 12.0. The van der Waals surface area contributed by atoms with E-state index in [-0.39, 0.29) is 0 Å². The number of nitrogens with two attached hydrogens (primary N) is 1. The van der Waals surface area contributed by atoms with Gasteiger partial charge in [0.05, 0.1) is 34.7 Å². The minimum atomic E-state index is -0.490. The molecule has 21 heavy (non-hydrogen) atoms. The third-order valence-corrected chi connectivity index (χ3v) is 3.70. The summed E-state index contributed by atoms with van der Waals surface area (Å²) in [7, 11) is 1.32. The number of nitrogens with one attached hydrogen (secondary N) is 1. The highest BCUT2D eigenvalue weighted by atomic mass is 32.1. The largest absolute Gasteiger partial charge is 0.465 e. The summed E-state index contributed by atoms with van der Waals surface area (Å²) in [5.41, 5.74) is 9.90. The molecular weight excluding hydrogens is 288 g/mol. The Morgan fingerprint density at radius 2 is 2.19 bits per heavy atom. The molecule has 0 saturated heterocycles. The Kier molecular flexibility index (Phi) is 3.41. The van der Waals surface area contributed by atoms with Gasteiger partial charge in [0.25, 0.3) is 0 Å². The summed E-state index contributed by atoms with van der Waals surface area (Å²) >= 11 is 1.55. The van der Waals surface area contributed by atoms with E-state index in [2.05, 4.69) is 15.3 Å². The van der Waals surface area contributed by atoms with E-state index < -0.39 is 5.97 Å². The molecule has 0 spiro atoms. The number of ether oxygens (including phenoxy) is 1. The molecule has 1 aromatic carbocycles. The van der Waals surface area contributed by atoms with Crippen LogP contribution in [0.2, 0.25) is 0 Å². The highest BCUT2D eigenvalue weighted by Gasteiger charge is 2.14. The molecule has 2 heterocycles. The van der Waals surface area contributed by atoms with Gasteiger partial charge in [-0.2, -0.15) is 0 Å². The standard InChI is InChI=1S/C14H12N4O2S/c1-20-14(19)10-4-8(15)6-16-13(10)18-9-2-3-11-12(5-9)21-7-17-11/h2-7H,15H2,1H3,(H,16,18). The molecule has 0 aliphatic heterocycles. The van der Waals surface area contributed by atoms with Gasteiger partial charge in [-0.1, -0.05) is 0 Å². The van der Waals surface area contributed by atoms with Crippen molar-refractivity contribution in [2.45, 2.75) is 0 Å². The maximum absolute atomic E-state index is 11.8. The van der Waals surface area contributed by atoms with Gasteiger partial charge in [0.15, 0.2) is 0 Å². The number of nitrogen functional groups attached to an aromatic ring is 1. The molecule has 0 amide bonds. The van der Waals surface area contributed by atoms with Gasteiger partial charge in [0.1, 0.15) is 11.4 Å². The van der Waals surface area contributed by atoms with Gasteiger partial charge in [-0.05, 0) is 24.3 Å². The van der Waals surface area contributed by atoms with Gasteiger partial charge in [-0.3, -0.25) is 0 Å². The maximum Gasteiger partial charge on any atom is 0.341 e. The van der Waals surface area contributed by atoms with Crippen LogP contribution in [0.4, 0.5) is 17.2 Å². The second-order valence-electron chi connectivity index (χ2n) is 4.32. The van der Waals surface area contributed by atoms with E-state index >= 15 is 0 Å². The smallest absolute Gasteiger partial charge is 0.341 e. The summed E-state index contributed by atoms with van der Waals surface area (Å²) in [6.07, 6.45) is 1.49. The Morgan fingerprint density at radius 3 is 3.00 bits per heavy atom. The van der Waals surface area contributed by atoms with Gasteiger partial charge in [-0.25, -0.2) is 14.8 Å². The van der Waals surface area contributed by atoms with Gasteiger partial charge < -0.3 is 15.8 Å². The number of carbonyl (C=O) groups is 1. The van der Waals surface area contributed by atoms with E-state index in [0.29, 0.717) is 17.1 Å².